The lowest BCUT2D eigenvalue weighted by molar-refractivity contribution is -0.129. The molecule has 4 nitrogen and oxygen atoms in total. The second kappa shape index (κ2) is 5.87. The van der Waals surface area contributed by atoms with E-state index in [1.807, 2.05) is 13.8 Å². The van der Waals surface area contributed by atoms with Gasteiger partial charge in [-0.2, -0.15) is 0 Å². The molecule has 2 N–H and O–H groups in total. The van der Waals surface area contributed by atoms with Crippen molar-refractivity contribution >= 4 is 11.8 Å². The quantitative estimate of drug-likeness (QED) is 0.745. The van der Waals surface area contributed by atoms with E-state index in [1.54, 1.807) is 7.05 Å². The molecule has 1 atom stereocenters. The smallest absolute Gasteiger partial charge is 0.225 e. The van der Waals surface area contributed by atoms with Gasteiger partial charge in [0.25, 0.3) is 0 Å². The molecule has 0 aromatic rings. The molecule has 0 spiro atoms. The van der Waals surface area contributed by atoms with Crippen LogP contribution in [-0.2, 0) is 9.59 Å². The maximum Gasteiger partial charge on any atom is 0.225 e. The third kappa shape index (κ3) is 4.64. The van der Waals surface area contributed by atoms with E-state index in [0.29, 0.717) is 5.92 Å². The number of rotatable bonds is 5. The first-order valence-electron chi connectivity index (χ1n) is 5.71. The van der Waals surface area contributed by atoms with E-state index in [9.17, 15) is 9.59 Å². The highest BCUT2D eigenvalue weighted by molar-refractivity contribution is 5.81. The molecular weight excluding hydrogens is 204 g/mol. The van der Waals surface area contributed by atoms with Crippen molar-refractivity contribution in [1.29, 1.82) is 0 Å². The molecular formula is C12H24N2O2. The Morgan fingerprint density at radius 1 is 1.25 bits per heavy atom. The van der Waals surface area contributed by atoms with Gasteiger partial charge in [-0.25, -0.2) is 0 Å². The number of hydrogen-bond acceptors (Lipinski definition) is 2. The van der Waals surface area contributed by atoms with E-state index < -0.39 is 5.54 Å². The summed E-state index contributed by atoms with van der Waals surface area (Å²) in [5.41, 5.74) is -0.518. The average Bonchev–Trinajstić information content (AvgIpc) is 2.10. The molecule has 0 saturated carbocycles. The number of amides is 2. The highest BCUT2D eigenvalue weighted by Crippen LogP contribution is 2.24. The number of carbonyl (C=O) groups excluding carboxylic acids is 2. The van der Waals surface area contributed by atoms with Gasteiger partial charge < -0.3 is 10.6 Å². The summed E-state index contributed by atoms with van der Waals surface area (Å²) < 4.78 is 0. The Balaban J connectivity index is 4.85. The first-order valence-corrected chi connectivity index (χ1v) is 5.71. The first-order chi connectivity index (χ1) is 7.20. The largest absolute Gasteiger partial charge is 0.359 e. The maximum atomic E-state index is 11.8. The summed E-state index contributed by atoms with van der Waals surface area (Å²) in [6, 6.07) is 0. The van der Waals surface area contributed by atoms with E-state index in [-0.39, 0.29) is 17.7 Å². The van der Waals surface area contributed by atoms with Crippen molar-refractivity contribution < 1.29 is 9.59 Å². The molecule has 0 fully saturated rings. The van der Waals surface area contributed by atoms with E-state index in [2.05, 4.69) is 24.5 Å². The molecule has 16 heavy (non-hydrogen) atoms. The molecule has 0 bridgehead atoms. The predicted octanol–water partition coefficient (Wildman–Crippen LogP) is 1.31. The summed E-state index contributed by atoms with van der Waals surface area (Å²) in [7, 11) is 1.62. The van der Waals surface area contributed by atoms with Gasteiger partial charge in [0.2, 0.25) is 11.8 Å². The molecule has 0 unspecified atom stereocenters. The van der Waals surface area contributed by atoms with Gasteiger partial charge in [0.1, 0.15) is 0 Å². The predicted molar refractivity (Wildman–Crippen MR) is 64.9 cm³/mol. The van der Waals surface area contributed by atoms with E-state index in [1.165, 1.54) is 6.92 Å². The van der Waals surface area contributed by atoms with Gasteiger partial charge in [0, 0.05) is 19.5 Å². The minimum atomic E-state index is -0.518. The van der Waals surface area contributed by atoms with Gasteiger partial charge >= 0.3 is 0 Å². The highest BCUT2D eigenvalue weighted by Gasteiger charge is 2.35. The summed E-state index contributed by atoms with van der Waals surface area (Å²) in [4.78, 5) is 22.9. The molecule has 94 valence electrons. The fourth-order valence-corrected chi connectivity index (χ4v) is 1.92. The normalized spacial score (nSPS) is 13.4. The SMILES string of the molecule is CNC(=O)[C@@H](CC(C)C)C(C)(C)NC(C)=O. The van der Waals surface area contributed by atoms with Gasteiger partial charge in [0.15, 0.2) is 0 Å². The van der Waals surface area contributed by atoms with Crippen LogP contribution in [0.15, 0.2) is 0 Å². The fraction of sp³-hybridized carbons (Fsp3) is 0.833. The van der Waals surface area contributed by atoms with E-state index in [4.69, 9.17) is 0 Å². The topological polar surface area (TPSA) is 58.2 Å². The Bertz CT molecular complexity index is 260. The molecule has 0 saturated heterocycles. The third-order valence-electron chi connectivity index (χ3n) is 2.64. The summed E-state index contributed by atoms with van der Waals surface area (Å²) in [5.74, 6) is 0.0758. The molecule has 0 radical (unpaired) electrons. The molecule has 0 heterocycles. The van der Waals surface area contributed by atoms with Crippen molar-refractivity contribution in [3.8, 4) is 0 Å². The van der Waals surface area contributed by atoms with Gasteiger partial charge in [-0.3, -0.25) is 9.59 Å². The van der Waals surface area contributed by atoms with Crippen LogP contribution < -0.4 is 10.6 Å². The Labute approximate surface area is 98.2 Å². The van der Waals surface area contributed by atoms with Crippen molar-refractivity contribution in [1.82, 2.24) is 10.6 Å². The molecule has 0 rings (SSSR count). The summed E-state index contributed by atoms with van der Waals surface area (Å²) >= 11 is 0. The van der Waals surface area contributed by atoms with Crippen LogP contribution in [0.2, 0.25) is 0 Å². The number of carbonyl (C=O) groups is 2. The first kappa shape index (κ1) is 14.9. The minimum absolute atomic E-state index is 0.0209. The van der Waals surface area contributed by atoms with Crippen LogP contribution in [0.25, 0.3) is 0 Å². The zero-order chi connectivity index (χ0) is 12.9. The third-order valence-corrected chi connectivity index (χ3v) is 2.64. The van der Waals surface area contributed by atoms with E-state index >= 15 is 0 Å². The second-order valence-electron chi connectivity index (χ2n) is 5.20. The van der Waals surface area contributed by atoms with Crippen LogP contribution in [0.5, 0.6) is 0 Å². The minimum Gasteiger partial charge on any atom is -0.359 e. The Morgan fingerprint density at radius 2 is 1.75 bits per heavy atom. The lowest BCUT2D eigenvalue weighted by Gasteiger charge is -2.34. The molecule has 4 heteroatoms. The van der Waals surface area contributed by atoms with Crippen molar-refractivity contribution in [2.75, 3.05) is 7.05 Å². The summed E-state index contributed by atoms with van der Waals surface area (Å²) in [6.45, 7) is 9.38. The lowest BCUT2D eigenvalue weighted by atomic mass is 9.80. The maximum absolute atomic E-state index is 11.8. The zero-order valence-electron chi connectivity index (χ0n) is 11.2. The Kier molecular flexibility index (Phi) is 5.48. The number of hydrogen-bond donors (Lipinski definition) is 2. The van der Waals surface area contributed by atoms with Crippen molar-refractivity contribution in [2.24, 2.45) is 11.8 Å². The van der Waals surface area contributed by atoms with Crippen LogP contribution in [-0.4, -0.2) is 24.4 Å². The highest BCUT2D eigenvalue weighted by atomic mass is 16.2. The van der Waals surface area contributed by atoms with Crippen LogP contribution in [0.4, 0.5) is 0 Å². The van der Waals surface area contributed by atoms with Gasteiger partial charge in [0.05, 0.1) is 5.92 Å². The molecule has 0 aliphatic rings. The average molecular weight is 228 g/mol. The molecule has 0 aromatic carbocycles. The van der Waals surface area contributed by atoms with Crippen LogP contribution in [0, 0.1) is 11.8 Å². The monoisotopic (exact) mass is 228 g/mol. The van der Waals surface area contributed by atoms with Gasteiger partial charge in [-0.15, -0.1) is 0 Å². The van der Waals surface area contributed by atoms with Crippen molar-refractivity contribution in [2.45, 2.75) is 46.6 Å². The van der Waals surface area contributed by atoms with Gasteiger partial charge in [-0.05, 0) is 26.2 Å². The Hall–Kier alpha value is -1.06. The van der Waals surface area contributed by atoms with Crippen LogP contribution >= 0.6 is 0 Å². The fourth-order valence-electron chi connectivity index (χ4n) is 1.92. The molecule has 0 aliphatic carbocycles. The standard InChI is InChI=1S/C12H24N2O2/c1-8(2)7-10(11(16)13-6)12(4,5)14-9(3)15/h8,10H,7H2,1-6H3,(H,13,16)(H,14,15)/t10-/m1/s1. The zero-order valence-corrected chi connectivity index (χ0v) is 11.2. The van der Waals surface area contributed by atoms with E-state index in [0.717, 1.165) is 6.42 Å². The Morgan fingerprint density at radius 3 is 2.06 bits per heavy atom. The second-order valence-corrected chi connectivity index (χ2v) is 5.20. The lowest BCUT2D eigenvalue weighted by Crippen LogP contribution is -2.53. The van der Waals surface area contributed by atoms with Crippen molar-refractivity contribution in [3.05, 3.63) is 0 Å². The summed E-state index contributed by atoms with van der Waals surface area (Å²) in [5, 5.41) is 5.50. The van der Waals surface area contributed by atoms with Gasteiger partial charge in [-0.1, -0.05) is 13.8 Å². The molecule has 2 amide bonds. The molecule has 0 aliphatic heterocycles. The molecule has 0 aromatic heterocycles. The van der Waals surface area contributed by atoms with Crippen LogP contribution in [0.1, 0.15) is 41.0 Å². The van der Waals surface area contributed by atoms with Crippen LogP contribution in [0.3, 0.4) is 0 Å². The van der Waals surface area contributed by atoms with Crippen molar-refractivity contribution in [3.63, 3.8) is 0 Å². The summed E-state index contributed by atoms with van der Waals surface area (Å²) in [6.07, 6.45) is 0.757. The number of nitrogens with one attached hydrogen (secondary N) is 2.